The molecule has 0 amide bonds. The minimum atomic E-state index is -1.15. The number of ether oxygens (including phenoxy) is 3. The Bertz CT molecular complexity index is 1110. The summed E-state index contributed by atoms with van der Waals surface area (Å²) in [6.45, 7) is 0.161. The molecule has 1 atom stereocenters. The molecule has 1 aliphatic heterocycles. The maximum absolute atomic E-state index is 12.9. The lowest BCUT2D eigenvalue weighted by Crippen LogP contribution is -2.24. The van der Waals surface area contributed by atoms with Gasteiger partial charge in [0.25, 0.3) is 0 Å². The summed E-state index contributed by atoms with van der Waals surface area (Å²) in [4.78, 5) is 48.8. The topological polar surface area (TPSA) is 116 Å². The molecule has 0 radical (unpaired) electrons. The zero-order valence-corrected chi connectivity index (χ0v) is 23.7. The van der Waals surface area contributed by atoms with Gasteiger partial charge in [-0.3, -0.25) is 0 Å². The number of halogens is 4. The van der Waals surface area contributed by atoms with Crippen molar-refractivity contribution in [3.8, 4) is 5.75 Å². The number of carbonyl (C=O) groups is 4. The Balaban J connectivity index is 1.94. The highest BCUT2D eigenvalue weighted by Crippen LogP contribution is 2.38. The molecule has 162 valence electrons. The smallest absolute Gasteiger partial charge is 0.347 e. The number of hydrogen-bond donors (Lipinski definition) is 1. The van der Waals surface area contributed by atoms with Crippen molar-refractivity contribution in [1.82, 2.24) is 0 Å². The summed E-state index contributed by atoms with van der Waals surface area (Å²) in [5, 5.41) is 9.56. The third kappa shape index (κ3) is 5.26. The molecule has 31 heavy (non-hydrogen) atoms. The van der Waals surface area contributed by atoms with E-state index in [4.69, 9.17) is 14.2 Å². The molecular weight excluding hydrogens is 864 g/mol. The van der Waals surface area contributed by atoms with Crippen molar-refractivity contribution in [3.63, 3.8) is 0 Å². The molecule has 2 aromatic carbocycles. The van der Waals surface area contributed by atoms with Crippen molar-refractivity contribution in [2.24, 2.45) is 0 Å². The fourth-order valence-electron chi connectivity index (χ4n) is 2.65. The minimum absolute atomic E-state index is 0.0289. The zero-order chi connectivity index (χ0) is 22.9. The highest BCUT2D eigenvalue weighted by atomic mass is 127. The molecule has 0 aromatic heterocycles. The van der Waals surface area contributed by atoms with Crippen LogP contribution >= 0.6 is 90.4 Å². The molecule has 1 saturated heterocycles. The Kier molecular flexibility index (Phi) is 8.38. The van der Waals surface area contributed by atoms with Gasteiger partial charge in [-0.15, -0.1) is 0 Å². The van der Waals surface area contributed by atoms with E-state index < -0.39 is 30.0 Å². The van der Waals surface area contributed by atoms with Gasteiger partial charge in [0.2, 0.25) is 6.10 Å². The van der Waals surface area contributed by atoms with Crippen LogP contribution in [0.15, 0.2) is 24.3 Å². The normalized spacial score (nSPS) is 15.4. The first-order valence-corrected chi connectivity index (χ1v) is 12.7. The van der Waals surface area contributed by atoms with E-state index in [-0.39, 0.29) is 39.0 Å². The van der Waals surface area contributed by atoms with Crippen molar-refractivity contribution in [2.75, 3.05) is 6.61 Å². The van der Waals surface area contributed by atoms with Crippen LogP contribution in [0.5, 0.6) is 5.75 Å². The summed E-state index contributed by atoms with van der Waals surface area (Å²) in [6.07, 6.45) is -0.776. The fraction of sp³-hybridized carbons (Fsp3) is 0.158. The van der Waals surface area contributed by atoms with E-state index in [0.717, 1.165) is 0 Å². The maximum atomic E-state index is 12.9. The van der Waals surface area contributed by atoms with E-state index in [2.05, 4.69) is 0 Å². The van der Waals surface area contributed by atoms with Crippen LogP contribution in [0.2, 0.25) is 0 Å². The van der Waals surface area contributed by atoms with E-state index >= 15 is 0 Å². The quantitative estimate of drug-likeness (QED) is 0.154. The lowest BCUT2D eigenvalue weighted by atomic mass is 10.1. The van der Waals surface area contributed by atoms with E-state index in [0.29, 0.717) is 10.7 Å². The van der Waals surface area contributed by atoms with Crippen LogP contribution in [0, 0.1) is 14.3 Å². The van der Waals surface area contributed by atoms with E-state index in [1.807, 2.05) is 90.4 Å². The highest BCUT2D eigenvalue weighted by molar-refractivity contribution is 14.1. The second-order valence-electron chi connectivity index (χ2n) is 6.05. The highest BCUT2D eigenvalue weighted by Gasteiger charge is 2.32. The van der Waals surface area contributed by atoms with Crippen LogP contribution in [-0.4, -0.2) is 41.7 Å². The Morgan fingerprint density at radius 1 is 0.935 bits per heavy atom. The minimum Gasteiger partial charge on any atom is -0.478 e. The number of cyclic esters (lactones) is 1. The molecule has 3 rings (SSSR count). The molecule has 0 bridgehead atoms. The standard InChI is InChI=1S/C19H10I4O8/c20-11-10(16(24)25)12(21)15(14(23)13(11)22)31-18(27)8-4-2-1-3-7(8)17(26)30-9-5-6-29-19(9)28/h1-4,9H,5-6H2,(H,24,25). The molecule has 1 aliphatic rings. The fourth-order valence-corrected chi connectivity index (χ4v) is 7.02. The third-order valence-corrected chi connectivity index (χ3v) is 10.4. The number of benzene rings is 2. The van der Waals surface area contributed by atoms with E-state index in [9.17, 15) is 24.3 Å². The maximum Gasteiger partial charge on any atom is 0.347 e. The predicted octanol–water partition coefficient (Wildman–Crippen LogP) is 4.49. The van der Waals surface area contributed by atoms with Crippen LogP contribution in [0.25, 0.3) is 0 Å². The van der Waals surface area contributed by atoms with Gasteiger partial charge >= 0.3 is 23.9 Å². The van der Waals surface area contributed by atoms with Crippen LogP contribution in [0.4, 0.5) is 0 Å². The largest absolute Gasteiger partial charge is 0.478 e. The molecule has 1 unspecified atom stereocenters. The Morgan fingerprint density at radius 2 is 1.55 bits per heavy atom. The zero-order valence-electron chi connectivity index (χ0n) is 15.1. The lowest BCUT2D eigenvalue weighted by Gasteiger charge is -2.16. The van der Waals surface area contributed by atoms with E-state index in [1.165, 1.54) is 12.1 Å². The van der Waals surface area contributed by atoms with Crippen molar-refractivity contribution >= 4 is 114 Å². The first-order valence-electron chi connectivity index (χ1n) is 8.41. The van der Waals surface area contributed by atoms with Crippen LogP contribution in [0.1, 0.15) is 37.5 Å². The molecule has 1 N–H and O–H groups in total. The van der Waals surface area contributed by atoms with Crippen molar-refractivity contribution in [2.45, 2.75) is 12.5 Å². The number of rotatable bonds is 5. The lowest BCUT2D eigenvalue weighted by molar-refractivity contribution is -0.145. The molecule has 2 aromatic rings. The van der Waals surface area contributed by atoms with Crippen LogP contribution < -0.4 is 4.74 Å². The van der Waals surface area contributed by atoms with Gasteiger partial charge < -0.3 is 19.3 Å². The first kappa shape index (κ1) is 24.9. The van der Waals surface area contributed by atoms with Gasteiger partial charge in [0, 0.05) is 13.6 Å². The second-order valence-corrected chi connectivity index (χ2v) is 10.4. The summed E-state index contributed by atoms with van der Waals surface area (Å²) in [5.41, 5.74) is -0.118. The molecule has 0 saturated carbocycles. The van der Waals surface area contributed by atoms with Crippen LogP contribution in [-0.2, 0) is 14.3 Å². The van der Waals surface area contributed by atoms with Gasteiger partial charge in [-0.05, 0) is 102 Å². The molecule has 1 fully saturated rings. The number of carboxylic acid groups (broad SMARTS) is 1. The Hall–Kier alpha value is -0.760. The number of esters is 3. The average molecular weight is 874 g/mol. The van der Waals surface area contributed by atoms with E-state index in [1.54, 1.807) is 12.1 Å². The van der Waals surface area contributed by atoms with Gasteiger partial charge in [0.15, 0.2) is 5.75 Å². The number of carbonyl (C=O) groups excluding carboxylic acids is 3. The molecule has 8 nitrogen and oxygen atoms in total. The Labute approximate surface area is 230 Å². The third-order valence-electron chi connectivity index (χ3n) is 4.14. The summed E-state index contributed by atoms with van der Waals surface area (Å²) < 4.78 is 17.5. The first-order chi connectivity index (χ1) is 14.6. The monoisotopic (exact) mass is 874 g/mol. The van der Waals surface area contributed by atoms with Gasteiger partial charge in [0.1, 0.15) is 0 Å². The second kappa shape index (κ2) is 10.4. The number of aromatic carboxylic acids is 1. The predicted molar refractivity (Wildman–Crippen MR) is 140 cm³/mol. The van der Waals surface area contributed by atoms with Crippen molar-refractivity contribution < 1.29 is 38.5 Å². The molecule has 0 spiro atoms. The summed E-state index contributed by atoms with van der Waals surface area (Å²) in [5.74, 6) is -3.40. The molecular formula is C19H10I4O8. The number of hydrogen-bond acceptors (Lipinski definition) is 7. The van der Waals surface area contributed by atoms with Crippen LogP contribution in [0.3, 0.4) is 0 Å². The van der Waals surface area contributed by atoms with Crippen molar-refractivity contribution in [1.29, 1.82) is 0 Å². The molecule has 0 aliphatic carbocycles. The van der Waals surface area contributed by atoms with Gasteiger partial charge in [0.05, 0.1) is 30.4 Å². The average Bonchev–Trinajstić information content (AvgIpc) is 3.13. The molecule has 12 heteroatoms. The SMILES string of the molecule is O=C(Oc1c(I)c(I)c(I)c(C(=O)O)c1I)c1ccccc1C(=O)OC1CCOC1=O. The van der Waals surface area contributed by atoms with Crippen molar-refractivity contribution in [3.05, 3.63) is 55.2 Å². The van der Waals surface area contributed by atoms with Gasteiger partial charge in [-0.2, -0.15) is 0 Å². The number of carboxylic acids is 1. The summed E-state index contributed by atoms with van der Waals surface area (Å²) in [6, 6.07) is 5.87. The van der Waals surface area contributed by atoms with Gasteiger partial charge in [-0.1, -0.05) is 12.1 Å². The van der Waals surface area contributed by atoms with Gasteiger partial charge in [-0.25, -0.2) is 19.2 Å². The summed E-state index contributed by atoms with van der Waals surface area (Å²) in [7, 11) is 0. The Morgan fingerprint density at radius 3 is 2.10 bits per heavy atom. The summed E-state index contributed by atoms with van der Waals surface area (Å²) >= 11 is 7.72. The molecule has 1 heterocycles.